The summed E-state index contributed by atoms with van der Waals surface area (Å²) in [5, 5.41) is 3.08. The van der Waals surface area contributed by atoms with Gasteiger partial charge in [0.25, 0.3) is 11.8 Å². The van der Waals surface area contributed by atoms with E-state index in [4.69, 9.17) is 0 Å². The largest absolute Gasteiger partial charge is 0.371 e. The molecule has 0 radical (unpaired) electrons. The van der Waals surface area contributed by atoms with Gasteiger partial charge in [0, 0.05) is 75.4 Å². The van der Waals surface area contributed by atoms with Crippen molar-refractivity contribution in [3.8, 4) is 0 Å². The van der Waals surface area contributed by atoms with E-state index in [2.05, 4.69) is 76.0 Å². The van der Waals surface area contributed by atoms with Gasteiger partial charge in [0.2, 0.25) is 11.8 Å². The first kappa shape index (κ1) is 35.1. The number of aromatic amines is 1. The maximum absolute atomic E-state index is 14.1. The minimum atomic E-state index is -1.01. The molecule has 4 aromatic rings. The van der Waals surface area contributed by atoms with Crippen molar-refractivity contribution in [2.75, 3.05) is 25.0 Å². The van der Waals surface area contributed by atoms with Crippen molar-refractivity contribution in [1.82, 2.24) is 20.1 Å². The highest BCUT2D eigenvalue weighted by atomic mass is 79.9. The average Bonchev–Trinajstić information content (AvgIpc) is 3.65. The number of hydrogen-bond donors (Lipinski definition) is 2. The lowest BCUT2D eigenvalue weighted by Gasteiger charge is -2.40. The molecule has 1 atom stereocenters. The molecule has 272 valence electrons. The molecule has 2 saturated heterocycles. The van der Waals surface area contributed by atoms with Crippen molar-refractivity contribution in [3.05, 3.63) is 97.1 Å². The Hall–Kier alpha value is -4.94. The van der Waals surface area contributed by atoms with Crippen LogP contribution in [-0.4, -0.2) is 82.7 Å². The van der Waals surface area contributed by atoms with Gasteiger partial charge in [-0.15, -0.1) is 0 Å². The van der Waals surface area contributed by atoms with Crippen LogP contribution in [0.15, 0.2) is 46.9 Å². The summed E-state index contributed by atoms with van der Waals surface area (Å²) in [7, 11) is 2.07. The van der Waals surface area contributed by atoms with Crippen molar-refractivity contribution in [1.29, 1.82) is 0 Å². The second-order valence-corrected chi connectivity index (χ2v) is 16.1. The number of rotatable bonds is 7. The molecule has 0 spiro atoms. The number of fused-ring (bicyclic) bond motifs is 5. The van der Waals surface area contributed by atoms with Crippen LogP contribution in [0.3, 0.4) is 0 Å². The lowest BCUT2D eigenvalue weighted by atomic mass is 9.70. The van der Waals surface area contributed by atoms with Gasteiger partial charge in [-0.05, 0) is 95.7 Å². The SMILES string of the molecule is CCc1cc2c(cc1N1CCC(N(C)Cc3cc(Br)c4c(c3)C(=O)N(C3CCC(=O)NC3=O)C4=O)CC1)C(C)(C)c1[nH]c3cc(C=O)ccc3c1C2=O. The molecule has 0 bridgehead atoms. The van der Waals surface area contributed by atoms with E-state index in [9.17, 15) is 28.8 Å². The summed E-state index contributed by atoms with van der Waals surface area (Å²) in [6.45, 7) is 8.66. The number of halogens is 1. The van der Waals surface area contributed by atoms with Crippen LogP contribution >= 0.6 is 15.9 Å². The molecular formula is C41H40BrN5O6. The Balaban J connectivity index is 0.991. The fourth-order valence-electron chi connectivity index (χ4n) is 8.84. The highest BCUT2D eigenvalue weighted by Gasteiger charge is 2.46. The third-order valence-corrected chi connectivity index (χ3v) is 12.4. The van der Waals surface area contributed by atoms with Crippen LogP contribution in [0.5, 0.6) is 0 Å². The number of aromatic nitrogens is 1. The molecule has 3 aromatic carbocycles. The Bertz CT molecular complexity index is 2300. The maximum atomic E-state index is 14.1. The molecule has 4 heterocycles. The van der Waals surface area contributed by atoms with Crippen LogP contribution in [0, 0.1) is 0 Å². The summed E-state index contributed by atoms with van der Waals surface area (Å²) >= 11 is 3.52. The zero-order chi connectivity index (χ0) is 37.5. The molecule has 53 heavy (non-hydrogen) atoms. The number of piperidine rings is 2. The molecule has 1 aromatic heterocycles. The van der Waals surface area contributed by atoms with Crippen molar-refractivity contribution < 1.29 is 28.8 Å². The van der Waals surface area contributed by atoms with E-state index < -0.39 is 35.1 Å². The van der Waals surface area contributed by atoms with Crippen molar-refractivity contribution in [3.63, 3.8) is 0 Å². The standard InChI is InChI=1S/C41H40BrN5O6/c1-5-23-17-26-28(41(2,3)37-35(36(26)50)25-7-6-21(20-48)16-30(25)43-37)18-32(23)46-12-10-24(11-13-46)45(4)19-22-14-27-34(29(42)15-22)40(53)47(39(27)52)31-8-9-33(49)44-38(31)51/h6-7,14-18,20,24,31,43H,5,8-13,19H2,1-4H3,(H,44,49,51). The van der Waals surface area contributed by atoms with E-state index in [1.165, 1.54) is 0 Å². The first-order valence-electron chi connectivity index (χ1n) is 18.1. The number of nitrogens with one attached hydrogen (secondary N) is 2. The molecule has 8 rings (SSSR count). The Morgan fingerprint density at radius 3 is 2.40 bits per heavy atom. The van der Waals surface area contributed by atoms with Gasteiger partial charge in [-0.1, -0.05) is 32.9 Å². The van der Waals surface area contributed by atoms with E-state index in [0.29, 0.717) is 22.1 Å². The first-order valence-corrected chi connectivity index (χ1v) is 18.9. The normalized spacial score (nSPS) is 19.9. The van der Waals surface area contributed by atoms with E-state index in [1.807, 2.05) is 12.1 Å². The van der Waals surface area contributed by atoms with Gasteiger partial charge < -0.3 is 9.88 Å². The Labute approximate surface area is 315 Å². The highest BCUT2D eigenvalue weighted by molar-refractivity contribution is 9.10. The van der Waals surface area contributed by atoms with Crippen LogP contribution in [-0.2, 0) is 28.0 Å². The molecule has 11 nitrogen and oxygen atoms in total. The van der Waals surface area contributed by atoms with Crippen LogP contribution in [0.4, 0.5) is 5.69 Å². The van der Waals surface area contributed by atoms with Gasteiger partial charge in [-0.2, -0.15) is 0 Å². The van der Waals surface area contributed by atoms with Crippen molar-refractivity contribution in [2.24, 2.45) is 0 Å². The molecule has 1 aliphatic carbocycles. The van der Waals surface area contributed by atoms with Gasteiger partial charge in [0.15, 0.2) is 5.78 Å². The first-order chi connectivity index (χ1) is 25.3. The summed E-state index contributed by atoms with van der Waals surface area (Å²) in [6, 6.07) is 12.6. The van der Waals surface area contributed by atoms with Crippen LogP contribution < -0.4 is 10.2 Å². The van der Waals surface area contributed by atoms with Gasteiger partial charge in [-0.25, -0.2) is 0 Å². The summed E-state index contributed by atoms with van der Waals surface area (Å²) in [4.78, 5) is 85.8. The molecule has 2 fully saturated rings. The predicted molar refractivity (Wildman–Crippen MR) is 203 cm³/mol. The van der Waals surface area contributed by atoms with Crippen LogP contribution in [0.1, 0.15) is 116 Å². The second kappa shape index (κ2) is 12.9. The number of benzene rings is 3. The molecular weight excluding hydrogens is 738 g/mol. The van der Waals surface area contributed by atoms with Crippen LogP contribution in [0.2, 0.25) is 0 Å². The molecule has 0 saturated carbocycles. The fourth-order valence-corrected chi connectivity index (χ4v) is 9.51. The lowest BCUT2D eigenvalue weighted by Crippen LogP contribution is -2.54. The Morgan fingerprint density at radius 1 is 0.943 bits per heavy atom. The number of ketones is 1. The van der Waals surface area contributed by atoms with E-state index in [-0.39, 0.29) is 35.8 Å². The number of amides is 4. The minimum Gasteiger partial charge on any atom is -0.371 e. The van der Waals surface area contributed by atoms with E-state index in [1.54, 1.807) is 18.2 Å². The molecule has 4 amide bonds. The maximum Gasteiger partial charge on any atom is 0.263 e. The topological polar surface area (TPSA) is 140 Å². The highest BCUT2D eigenvalue weighted by Crippen LogP contribution is 2.46. The van der Waals surface area contributed by atoms with E-state index in [0.717, 1.165) is 88.1 Å². The summed E-state index contributed by atoms with van der Waals surface area (Å²) in [5.41, 5.74) is 7.85. The predicted octanol–water partition coefficient (Wildman–Crippen LogP) is 5.68. The summed E-state index contributed by atoms with van der Waals surface area (Å²) in [6.07, 6.45) is 3.61. The zero-order valence-corrected chi connectivity index (χ0v) is 31.7. The van der Waals surface area contributed by atoms with Gasteiger partial charge in [-0.3, -0.25) is 43.9 Å². The van der Waals surface area contributed by atoms with E-state index >= 15 is 0 Å². The third kappa shape index (κ3) is 5.56. The van der Waals surface area contributed by atoms with Crippen molar-refractivity contribution >= 4 is 68.2 Å². The van der Waals surface area contributed by atoms with Crippen LogP contribution in [0.25, 0.3) is 10.9 Å². The number of imide groups is 2. The average molecular weight is 779 g/mol. The Morgan fingerprint density at radius 2 is 1.70 bits per heavy atom. The van der Waals surface area contributed by atoms with Gasteiger partial charge in [0.05, 0.1) is 16.7 Å². The number of H-pyrrole nitrogens is 1. The molecule has 1 unspecified atom stereocenters. The quantitative estimate of drug-likeness (QED) is 0.181. The molecule has 3 aliphatic heterocycles. The number of aryl methyl sites for hydroxylation is 1. The zero-order valence-electron chi connectivity index (χ0n) is 30.1. The number of nitrogens with zero attached hydrogens (tertiary/aromatic N) is 3. The fraction of sp³-hybridized carbons (Fsp3) is 0.366. The monoisotopic (exact) mass is 777 g/mol. The second-order valence-electron chi connectivity index (χ2n) is 15.2. The minimum absolute atomic E-state index is 0.00829. The molecule has 4 aliphatic rings. The molecule has 12 heteroatoms. The number of anilines is 1. The lowest BCUT2D eigenvalue weighted by molar-refractivity contribution is -0.136. The van der Waals surface area contributed by atoms with Crippen molar-refractivity contribution in [2.45, 2.75) is 76.9 Å². The number of carbonyl (C=O) groups excluding carboxylic acids is 6. The number of carbonyl (C=O) groups is 6. The number of hydrogen-bond acceptors (Lipinski definition) is 8. The summed E-state index contributed by atoms with van der Waals surface area (Å²) in [5.74, 6) is -2.08. The smallest absolute Gasteiger partial charge is 0.263 e. The van der Waals surface area contributed by atoms with Gasteiger partial charge >= 0.3 is 0 Å². The summed E-state index contributed by atoms with van der Waals surface area (Å²) < 4.78 is 0.507. The number of aldehydes is 1. The Kier molecular flexibility index (Phi) is 8.53. The van der Waals surface area contributed by atoms with Gasteiger partial charge in [0.1, 0.15) is 12.3 Å². The third-order valence-electron chi connectivity index (χ3n) is 11.7. The molecule has 2 N–H and O–H groups in total.